The summed E-state index contributed by atoms with van der Waals surface area (Å²) in [7, 11) is 1.67. The van der Waals surface area contributed by atoms with Crippen LogP contribution in [-0.2, 0) is 12.0 Å². The van der Waals surface area contributed by atoms with E-state index in [1.165, 1.54) is 5.56 Å². The molecular formula is C19H23NO2. The molecule has 0 amide bonds. The molecular weight excluding hydrogens is 274 g/mol. The molecule has 0 spiro atoms. The quantitative estimate of drug-likeness (QED) is 0.885. The Morgan fingerprint density at radius 2 is 1.82 bits per heavy atom. The molecule has 1 saturated carbocycles. The maximum absolute atomic E-state index is 6.18. The van der Waals surface area contributed by atoms with Crippen LogP contribution in [0.2, 0.25) is 0 Å². The summed E-state index contributed by atoms with van der Waals surface area (Å²) in [5.74, 6) is 1.55. The number of hydrogen-bond acceptors (Lipinski definition) is 3. The van der Waals surface area contributed by atoms with Gasteiger partial charge in [0.2, 0.25) is 0 Å². The molecule has 1 atom stereocenters. The second-order valence-corrected chi connectivity index (χ2v) is 6.08. The molecule has 2 N–H and O–H groups in total. The standard InChI is InChI=1S/C19H23NO2/c1-14(20)19(10-11-19)16-8-9-17(21-2)18(12-16)22-13-15-6-4-3-5-7-15/h3-9,12,14H,10-11,13,20H2,1-2H3. The Labute approximate surface area is 132 Å². The molecule has 2 aromatic rings. The zero-order valence-corrected chi connectivity index (χ0v) is 13.2. The fourth-order valence-corrected chi connectivity index (χ4v) is 2.98. The van der Waals surface area contributed by atoms with Crippen molar-refractivity contribution < 1.29 is 9.47 Å². The highest BCUT2D eigenvalue weighted by molar-refractivity contribution is 5.47. The van der Waals surface area contributed by atoms with E-state index in [9.17, 15) is 0 Å². The van der Waals surface area contributed by atoms with Crippen molar-refractivity contribution in [2.45, 2.75) is 37.8 Å². The molecule has 0 aliphatic heterocycles. The van der Waals surface area contributed by atoms with Gasteiger partial charge in [0.25, 0.3) is 0 Å². The van der Waals surface area contributed by atoms with Crippen molar-refractivity contribution >= 4 is 0 Å². The number of methoxy groups -OCH3 is 1. The largest absolute Gasteiger partial charge is 0.493 e. The molecule has 0 heterocycles. The van der Waals surface area contributed by atoms with Crippen molar-refractivity contribution in [3.8, 4) is 11.5 Å². The predicted octanol–water partition coefficient (Wildman–Crippen LogP) is 3.65. The molecule has 3 nitrogen and oxygen atoms in total. The summed E-state index contributed by atoms with van der Waals surface area (Å²) < 4.78 is 11.4. The highest BCUT2D eigenvalue weighted by atomic mass is 16.5. The van der Waals surface area contributed by atoms with Gasteiger partial charge in [-0.3, -0.25) is 0 Å². The second kappa shape index (κ2) is 6.01. The summed E-state index contributed by atoms with van der Waals surface area (Å²) in [6, 6.07) is 16.5. The summed E-state index contributed by atoms with van der Waals surface area (Å²) in [5.41, 5.74) is 8.70. The number of rotatable bonds is 6. The van der Waals surface area contributed by atoms with Crippen LogP contribution >= 0.6 is 0 Å². The van der Waals surface area contributed by atoms with Crippen LogP contribution in [0.1, 0.15) is 30.9 Å². The molecule has 2 aromatic carbocycles. The van der Waals surface area contributed by atoms with E-state index in [4.69, 9.17) is 15.2 Å². The number of nitrogens with two attached hydrogens (primary N) is 1. The molecule has 1 aliphatic rings. The van der Waals surface area contributed by atoms with Gasteiger partial charge in [0, 0.05) is 11.5 Å². The van der Waals surface area contributed by atoms with Crippen LogP contribution in [-0.4, -0.2) is 13.2 Å². The third kappa shape index (κ3) is 2.81. The molecule has 1 aliphatic carbocycles. The second-order valence-electron chi connectivity index (χ2n) is 6.08. The van der Waals surface area contributed by atoms with Gasteiger partial charge >= 0.3 is 0 Å². The first-order chi connectivity index (χ1) is 10.7. The normalized spacial score (nSPS) is 16.9. The van der Waals surface area contributed by atoms with Gasteiger partial charge in [0.05, 0.1) is 7.11 Å². The van der Waals surface area contributed by atoms with E-state index in [0.717, 1.165) is 29.9 Å². The monoisotopic (exact) mass is 297 g/mol. The molecule has 0 aromatic heterocycles. The molecule has 3 heteroatoms. The average Bonchev–Trinajstić information content (AvgIpc) is 3.35. The average molecular weight is 297 g/mol. The van der Waals surface area contributed by atoms with Crippen LogP contribution < -0.4 is 15.2 Å². The van der Waals surface area contributed by atoms with Gasteiger partial charge in [-0.05, 0) is 43.0 Å². The Balaban J connectivity index is 1.83. The molecule has 0 bridgehead atoms. The molecule has 1 fully saturated rings. The fraction of sp³-hybridized carbons (Fsp3) is 0.368. The first-order valence-corrected chi connectivity index (χ1v) is 7.76. The summed E-state index contributed by atoms with van der Waals surface area (Å²) >= 11 is 0. The maximum atomic E-state index is 6.18. The van der Waals surface area contributed by atoms with E-state index >= 15 is 0 Å². The lowest BCUT2D eigenvalue weighted by Crippen LogP contribution is -2.31. The van der Waals surface area contributed by atoms with Gasteiger partial charge in [-0.15, -0.1) is 0 Å². The molecule has 116 valence electrons. The van der Waals surface area contributed by atoms with Crippen LogP contribution in [0.5, 0.6) is 11.5 Å². The van der Waals surface area contributed by atoms with E-state index in [1.807, 2.05) is 24.3 Å². The molecule has 0 saturated heterocycles. The molecule has 22 heavy (non-hydrogen) atoms. The fourth-order valence-electron chi connectivity index (χ4n) is 2.98. The maximum Gasteiger partial charge on any atom is 0.161 e. The van der Waals surface area contributed by atoms with Gasteiger partial charge in [-0.1, -0.05) is 36.4 Å². The lowest BCUT2D eigenvalue weighted by atomic mass is 9.89. The Morgan fingerprint density at radius 1 is 1.09 bits per heavy atom. The van der Waals surface area contributed by atoms with Crippen LogP contribution in [0, 0.1) is 0 Å². The molecule has 3 rings (SSSR count). The smallest absolute Gasteiger partial charge is 0.161 e. The van der Waals surface area contributed by atoms with Crippen molar-refractivity contribution in [3.63, 3.8) is 0 Å². The molecule has 0 radical (unpaired) electrons. The van der Waals surface area contributed by atoms with Crippen molar-refractivity contribution in [2.24, 2.45) is 5.73 Å². The number of ether oxygens (including phenoxy) is 2. The highest BCUT2D eigenvalue weighted by Crippen LogP contribution is 2.51. The minimum atomic E-state index is 0.122. The van der Waals surface area contributed by atoms with E-state index in [2.05, 4.69) is 31.2 Å². The first-order valence-electron chi connectivity index (χ1n) is 7.76. The van der Waals surface area contributed by atoms with Gasteiger partial charge in [-0.2, -0.15) is 0 Å². The van der Waals surface area contributed by atoms with Crippen LogP contribution in [0.15, 0.2) is 48.5 Å². The summed E-state index contributed by atoms with van der Waals surface area (Å²) in [6.07, 6.45) is 2.30. The third-order valence-electron chi connectivity index (χ3n) is 4.64. The Bertz CT molecular complexity index is 633. The van der Waals surface area contributed by atoms with E-state index in [1.54, 1.807) is 7.11 Å². The highest BCUT2D eigenvalue weighted by Gasteiger charge is 2.47. The van der Waals surface area contributed by atoms with E-state index in [0.29, 0.717) is 6.61 Å². The lowest BCUT2D eigenvalue weighted by Gasteiger charge is -2.21. The van der Waals surface area contributed by atoms with Crippen LogP contribution in [0.25, 0.3) is 0 Å². The minimum Gasteiger partial charge on any atom is -0.493 e. The van der Waals surface area contributed by atoms with Gasteiger partial charge in [-0.25, -0.2) is 0 Å². The topological polar surface area (TPSA) is 44.5 Å². The van der Waals surface area contributed by atoms with Crippen molar-refractivity contribution in [2.75, 3.05) is 7.11 Å². The van der Waals surface area contributed by atoms with Gasteiger partial charge in [0.1, 0.15) is 6.61 Å². The third-order valence-corrected chi connectivity index (χ3v) is 4.64. The van der Waals surface area contributed by atoms with Crippen molar-refractivity contribution in [3.05, 3.63) is 59.7 Å². The Hall–Kier alpha value is -2.00. The van der Waals surface area contributed by atoms with Crippen LogP contribution in [0.4, 0.5) is 0 Å². The van der Waals surface area contributed by atoms with Gasteiger partial charge < -0.3 is 15.2 Å². The number of hydrogen-bond donors (Lipinski definition) is 1. The predicted molar refractivity (Wildman–Crippen MR) is 88.3 cm³/mol. The zero-order valence-electron chi connectivity index (χ0n) is 13.2. The summed E-state index contributed by atoms with van der Waals surface area (Å²) in [5, 5.41) is 0. The van der Waals surface area contributed by atoms with Crippen molar-refractivity contribution in [1.29, 1.82) is 0 Å². The SMILES string of the molecule is COc1ccc(C2(C(C)N)CC2)cc1OCc1ccccc1. The Morgan fingerprint density at radius 3 is 2.41 bits per heavy atom. The summed E-state index contributed by atoms with van der Waals surface area (Å²) in [6.45, 7) is 2.62. The molecule has 1 unspecified atom stereocenters. The minimum absolute atomic E-state index is 0.122. The number of benzene rings is 2. The Kier molecular flexibility index (Phi) is 4.08. The van der Waals surface area contributed by atoms with Gasteiger partial charge in [0.15, 0.2) is 11.5 Å². The zero-order chi connectivity index (χ0) is 15.6. The van der Waals surface area contributed by atoms with E-state index in [-0.39, 0.29) is 11.5 Å². The summed E-state index contributed by atoms with van der Waals surface area (Å²) in [4.78, 5) is 0. The lowest BCUT2D eigenvalue weighted by molar-refractivity contribution is 0.283. The van der Waals surface area contributed by atoms with E-state index < -0.39 is 0 Å². The van der Waals surface area contributed by atoms with Crippen LogP contribution in [0.3, 0.4) is 0 Å². The van der Waals surface area contributed by atoms with Crippen molar-refractivity contribution in [1.82, 2.24) is 0 Å². The first kappa shape index (κ1) is 14.9.